The topological polar surface area (TPSA) is 26.0 Å². The van der Waals surface area contributed by atoms with Gasteiger partial charge < -0.3 is 5.73 Å². The minimum Gasteiger partial charge on any atom is -0.326 e. The Morgan fingerprint density at radius 1 is 1.23 bits per heavy atom. The Balaban J connectivity index is 3.09. The van der Waals surface area contributed by atoms with Gasteiger partial charge in [0.15, 0.2) is 0 Å². The summed E-state index contributed by atoms with van der Waals surface area (Å²) in [4.78, 5) is 0. The smallest absolute Gasteiger partial charge is 0.0178 e. The molecule has 0 aromatic heterocycles. The number of nitrogens with two attached hydrogens (primary N) is 1. The van der Waals surface area contributed by atoms with E-state index in [4.69, 9.17) is 5.73 Å². The molecule has 1 aromatic rings. The van der Waals surface area contributed by atoms with Crippen molar-refractivity contribution in [3.05, 3.63) is 41.0 Å². The quantitative estimate of drug-likeness (QED) is 0.734. The van der Waals surface area contributed by atoms with E-state index in [0.717, 1.165) is 0 Å². The van der Waals surface area contributed by atoms with Crippen molar-refractivity contribution >= 4 is 5.57 Å². The van der Waals surface area contributed by atoms with Gasteiger partial charge in [0.25, 0.3) is 0 Å². The molecule has 13 heavy (non-hydrogen) atoms. The summed E-state index contributed by atoms with van der Waals surface area (Å²) in [6.07, 6.45) is 0. The van der Waals surface area contributed by atoms with Crippen molar-refractivity contribution in [3.8, 4) is 0 Å². The normalized spacial score (nSPS) is 9.85. The van der Waals surface area contributed by atoms with E-state index in [9.17, 15) is 0 Å². The van der Waals surface area contributed by atoms with Crippen LogP contribution in [0.4, 0.5) is 0 Å². The fraction of sp³-hybridized carbons (Fsp3) is 0.333. The Hall–Kier alpha value is -1.08. The largest absolute Gasteiger partial charge is 0.326 e. The van der Waals surface area contributed by atoms with Crippen molar-refractivity contribution in [2.45, 2.75) is 27.3 Å². The highest BCUT2D eigenvalue weighted by atomic mass is 14.5. The number of hydrogen-bond donors (Lipinski definition) is 1. The molecule has 1 heteroatoms. The molecule has 0 radical (unpaired) electrons. The first kappa shape index (κ1) is 10.0. The van der Waals surface area contributed by atoms with E-state index in [1.54, 1.807) is 0 Å². The second kappa shape index (κ2) is 4.24. The van der Waals surface area contributed by atoms with Gasteiger partial charge in [0.2, 0.25) is 0 Å². The van der Waals surface area contributed by atoms with E-state index >= 15 is 0 Å². The van der Waals surface area contributed by atoms with Gasteiger partial charge in [0.05, 0.1) is 0 Å². The third kappa shape index (κ3) is 2.43. The minimum atomic E-state index is 0.615. The van der Waals surface area contributed by atoms with Gasteiger partial charge in [0.1, 0.15) is 0 Å². The first-order valence-corrected chi connectivity index (χ1v) is 4.58. The summed E-state index contributed by atoms with van der Waals surface area (Å²) in [7, 11) is 0. The predicted octanol–water partition coefficient (Wildman–Crippen LogP) is 2.96. The average Bonchev–Trinajstić information content (AvgIpc) is 2.16. The van der Waals surface area contributed by atoms with Crippen LogP contribution in [-0.4, -0.2) is 0 Å². The van der Waals surface area contributed by atoms with E-state index in [-0.39, 0.29) is 0 Å². The zero-order valence-corrected chi connectivity index (χ0v) is 8.59. The fourth-order valence-corrected chi connectivity index (χ4v) is 1.22. The van der Waals surface area contributed by atoms with Gasteiger partial charge in [-0.3, -0.25) is 0 Å². The molecule has 0 bridgehead atoms. The van der Waals surface area contributed by atoms with Crippen LogP contribution in [0.2, 0.25) is 0 Å². The molecule has 0 saturated carbocycles. The lowest BCUT2D eigenvalue weighted by Crippen LogP contribution is -1.96. The Bertz CT molecular complexity index is 320. The van der Waals surface area contributed by atoms with Gasteiger partial charge in [-0.05, 0) is 37.5 Å². The monoisotopic (exact) mass is 175 g/mol. The van der Waals surface area contributed by atoms with Crippen molar-refractivity contribution in [2.24, 2.45) is 5.73 Å². The van der Waals surface area contributed by atoms with Crippen molar-refractivity contribution < 1.29 is 0 Å². The van der Waals surface area contributed by atoms with Crippen molar-refractivity contribution in [2.75, 3.05) is 0 Å². The van der Waals surface area contributed by atoms with Gasteiger partial charge in [-0.1, -0.05) is 29.8 Å². The standard InChI is InChI=1S/C12H17N/c1-9(2)10(3)12-6-4-5-11(7-12)8-13/h4-7H,8,13H2,1-3H3. The Kier molecular flexibility index (Phi) is 3.26. The lowest BCUT2D eigenvalue weighted by molar-refractivity contribution is 1.07. The summed E-state index contributed by atoms with van der Waals surface area (Å²) >= 11 is 0. The summed E-state index contributed by atoms with van der Waals surface area (Å²) in [6, 6.07) is 8.40. The van der Waals surface area contributed by atoms with Gasteiger partial charge in [-0.2, -0.15) is 0 Å². The molecule has 2 N–H and O–H groups in total. The molecular formula is C12H17N. The SMILES string of the molecule is CC(C)=C(C)c1cccc(CN)c1. The highest BCUT2D eigenvalue weighted by molar-refractivity contribution is 5.66. The maximum Gasteiger partial charge on any atom is 0.0178 e. The number of rotatable bonds is 2. The van der Waals surface area contributed by atoms with Crippen molar-refractivity contribution in [3.63, 3.8) is 0 Å². The van der Waals surface area contributed by atoms with Crippen LogP contribution in [0, 0.1) is 0 Å². The van der Waals surface area contributed by atoms with E-state index in [1.165, 1.54) is 22.3 Å². The van der Waals surface area contributed by atoms with E-state index < -0.39 is 0 Å². The molecule has 0 fully saturated rings. The molecule has 0 saturated heterocycles. The van der Waals surface area contributed by atoms with Crippen LogP contribution in [0.15, 0.2) is 29.8 Å². The lowest BCUT2D eigenvalue weighted by Gasteiger charge is -2.05. The average molecular weight is 175 g/mol. The summed E-state index contributed by atoms with van der Waals surface area (Å²) < 4.78 is 0. The van der Waals surface area contributed by atoms with Crippen LogP contribution in [0.25, 0.3) is 5.57 Å². The molecule has 1 aromatic carbocycles. The summed E-state index contributed by atoms with van der Waals surface area (Å²) in [5, 5.41) is 0. The fourth-order valence-electron chi connectivity index (χ4n) is 1.22. The molecule has 70 valence electrons. The van der Waals surface area contributed by atoms with Crippen molar-refractivity contribution in [1.29, 1.82) is 0 Å². The molecule has 0 atom stereocenters. The lowest BCUT2D eigenvalue weighted by atomic mass is 10.0. The highest BCUT2D eigenvalue weighted by Crippen LogP contribution is 2.18. The Morgan fingerprint density at radius 3 is 2.46 bits per heavy atom. The van der Waals surface area contributed by atoms with Crippen LogP contribution >= 0.6 is 0 Å². The molecule has 0 spiro atoms. The molecule has 0 aliphatic heterocycles. The molecule has 1 rings (SSSR count). The Morgan fingerprint density at radius 2 is 1.92 bits per heavy atom. The zero-order valence-electron chi connectivity index (χ0n) is 8.59. The van der Waals surface area contributed by atoms with Gasteiger partial charge in [-0.25, -0.2) is 0 Å². The third-order valence-electron chi connectivity index (χ3n) is 2.35. The van der Waals surface area contributed by atoms with Crippen LogP contribution in [0.5, 0.6) is 0 Å². The minimum absolute atomic E-state index is 0.615. The molecule has 0 aliphatic rings. The predicted molar refractivity (Wildman–Crippen MR) is 58.3 cm³/mol. The Labute approximate surface area is 80.3 Å². The third-order valence-corrected chi connectivity index (χ3v) is 2.35. The second-order valence-corrected chi connectivity index (χ2v) is 3.53. The zero-order chi connectivity index (χ0) is 9.84. The van der Waals surface area contributed by atoms with E-state index in [0.29, 0.717) is 6.54 Å². The summed E-state index contributed by atoms with van der Waals surface area (Å²) in [6.45, 7) is 7.02. The number of hydrogen-bond acceptors (Lipinski definition) is 1. The van der Waals surface area contributed by atoms with Crippen LogP contribution < -0.4 is 5.73 Å². The molecule has 0 heterocycles. The second-order valence-electron chi connectivity index (χ2n) is 3.53. The maximum absolute atomic E-state index is 5.58. The number of benzene rings is 1. The van der Waals surface area contributed by atoms with E-state index in [1.807, 2.05) is 0 Å². The summed E-state index contributed by atoms with van der Waals surface area (Å²) in [5.41, 5.74) is 10.8. The molecule has 0 unspecified atom stereocenters. The van der Waals surface area contributed by atoms with Crippen LogP contribution in [0.1, 0.15) is 31.9 Å². The first-order chi connectivity index (χ1) is 6.15. The van der Waals surface area contributed by atoms with Gasteiger partial charge in [0, 0.05) is 6.54 Å². The molecular weight excluding hydrogens is 158 g/mol. The summed E-state index contributed by atoms with van der Waals surface area (Å²) in [5.74, 6) is 0. The van der Waals surface area contributed by atoms with Gasteiger partial charge >= 0.3 is 0 Å². The van der Waals surface area contributed by atoms with Crippen LogP contribution in [0.3, 0.4) is 0 Å². The van der Waals surface area contributed by atoms with E-state index in [2.05, 4.69) is 45.0 Å². The first-order valence-electron chi connectivity index (χ1n) is 4.58. The number of allylic oxidation sites excluding steroid dienone is 2. The van der Waals surface area contributed by atoms with Crippen molar-refractivity contribution in [1.82, 2.24) is 0 Å². The van der Waals surface area contributed by atoms with Gasteiger partial charge in [-0.15, -0.1) is 0 Å². The molecule has 0 amide bonds. The molecule has 0 aliphatic carbocycles. The maximum atomic E-state index is 5.58. The molecule has 1 nitrogen and oxygen atoms in total. The highest BCUT2D eigenvalue weighted by Gasteiger charge is 1.97. The van der Waals surface area contributed by atoms with Crippen LogP contribution in [-0.2, 0) is 6.54 Å².